The van der Waals surface area contributed by atoms with Crippen LogP contribution >= 0.6 is 0 Å². The zero-order valence-corrected chi connectivity index (χ0v) is 41.3. The van der Waals surface area contributed by atoms with Gasteiger partial charge < -0.3 is 0 Å². The largest absolute Gasteiger partial charge is 0.278 e. The molecule has 0 amide bonds. The predicted molar refractivity (Wildman–Crippen MR) is 311 cm³/mol. The number of hydrogen-bond donors (Lipinski definition) is 0. The Morgan fingerprint density at radius 1 is 0.257 bits per heavy atom. The number of benzene rings is 11. The van der Waals surface area contributed by atoms with Crippen molar-refractivity contribution in [2.45, 2.75) is 0 Å². The first kappa shape index (κ1) is 42.2. The molecule has 0 unspecified atom stereocenters. The molecule has 11 aromatic carbocycles. The molecule has 2 heterocycles. The van der Waals surface area contributed by atoms with E-state index in [2.05, 4.69) is 278 Å². The molecule has 344 valence electrons. The van der Waals surface area contributed by atoms with E-state index in [4.69, 9.17) is 9.97 Å². The Morgan fingerprint density at radius 2 is 0.581 bits per heavy atom. The molecule has 0 aliphatic heterocycles. The maximum atomic E-state index is 5.65. The minimum absolute atomic E-state index is 0.647. The van der Waals surface area contributed by atoms with Gasteiger partial charge in [-0.2, -0.15) is 0 Å². The standard InChI is InChI=1S/C70H45N3Si/c1-3-21-46(22-4-1)74(47-23-5-2-6-24-47,48-39-41-59-54-29-10-9-27-52(54)50-25-7-8-26-51(50)53-28-11-13-32-57(53)64(59)43-48)49-40-42-60-65(44-49)58-33-14-12-30-55(58)56-31-15-16-36-63(56)69-66(60)45-71-70(72-69)73-67-37-19-17-34-61(67)62-35-18-20-38-68(62)73/h1-45H. The second-order valence-corrected chi connectivity index (χ2v) is 23.3. The van der Waals surface area contributed by atoms with Gasteiger partial charge in [-0.05, 0) is 105 Å². The molecule has 0 atom stereocenters. The molecule has 0 N–H and O–H groups in total. The molecule has 2 aromatic heterocycles. The van der Waals surface area contributed by atoms with Crippen molar-refractivity contribution in [1.29, 1.82) is 0 Å². The Balaban J connectivity index is 1.02. The van der Waals surface area contributed by atoms with Gasteiger partial charge in [0.05, 0.1) is 16.7 Å². The highest BCUT2D eigenvalue weighted by atomic mass is 28.3. The molecule has 2 aliphatic rings. The van der Waals surface area contributed by atoms with E-state index in [1.54, 1.807) is 0 Å². The van der Waals surface area contributed by atoms with Crippen molar-refractivity contribution in [3.63, 3.8) is 0 Å². The monoisotopic (exact) mass is 955 g/mol. The van der Waals surface area contributed by atoms with Crippen LogP contribution < -0.4 is 20.7 Å². The molecule has 0 saturated carbocycles. The minimum atomic E-state index is -3.18. The van der Waals surface area contributed by atoms with Crippen LogP contribution in [0.4, 0.5) is 0 Å². The van der Waals surface area contributed by atoms with E-state index in [0.717, 1.165) is 44.5 Å². The summed E-state index contributed by atoms with van der Waals surface area (Å²) < 4.78 is 2.22. The molecular formula is C70H45N3Si. The minimum Gasteiger partial charge on any atom is -0.278 e. The van der Waals surface area contributed by atoms with E-state index in [9.17, 15) is 0 Å². The molecule has 0 spiro atoms. The molecule has 15 rings (SSSR count). The molecule has 0 radical (unpaired) electrons. The van der Waals surface area contributed by atoms with E-state index in [-0.39, 0.29) is 0 Å². The van der Waals surface area contributed by atoms with Crippen molar-refractivity contribution in [2.24, 2.45) is 0 Å². The normalized spacial score (nSPS) is 12.1. The molecule has 3 nitrogen and oxygen atoms in total. The Morgan fingerprint density at radius 3 is 1.01 bits per heavy atom. The average Bonchev–Trinajstić information content (AvgIpc) is 3.82. The summed E-state index contributed by atoms with van der Waals surface area (Å²) in [5.41, 5.74) is 20.8. The van der Waals surface area contributed by atoms with Crippen molar-refractivity contribution in [1.82, 2.24) is 14.5 Å². The first-order chi connectivity index (χ1) is 36.7. The fraction of sp³-hybridized carbons (Fsp3) is 0. The molecule has 74 heavy (non-hydrogen) atoms. The fourth-order valence-electron chi connectivity index (χ4n) is 12.6. The Bertz CT molecular complexity index is 4280. The van der Waals surface area contributed by atoms with E-state index >= 15 is 0 Å². The summed E-state index contributed by atoms with van der Waals surface area (Å²) in [7, 11) is -3.18. The molecule has 0 bridgehead atoms. The Labute approximate surface area is 431 Å². The van der Waals surface area contributed by atoms with E-state index in [0.29, 0.717) is 5.95 Å². The molecule has 0 saturated heterocycles. The maximum Gasteiger partial charge on any atom is 0.235 e. The summed E-state index contributed by atoms with van der Waals surface area (Å²) in [6.45, 7) is 0. The zero-order chi connectivity index (χ0) is 48.7. The summed E-state index contributed by atoms with van der Waals surface area (Å²) in [6, 6.07) is 99.2. The van der Waals surface area contributed by atoms with Crippen LogP contribution in [0.1, 0.15) is 0 Å². The van der Waals surface area contributed by atoms with Gasteiger partial charge in [0, 0.05) is 28.1 Å². The molecule has 2 aliphatic carbocycles. The highest BCUT2D eigenvalue weighted by Crippen LogP contribution is 2.49. The lowest BCUT2D eigenvalue weighted by atomic mass is 9.81. The fourth-order valence-corrected chi connectivity index (χ4v) is 17.4. The first-order valence-electron chi connectivity index (χ1n) is 25.5. The lowest BCUT2D eigenvalue weighted by Gasteiger charge is -2.36. The number of fused-ring (bicyclic) bond motifs is 19. The van der Waals surface area contributed by atoms with Gasteiger partial charge in [0.15, 0.2) is 8.07 Å². The van der Waals surface area contributed by atoms with Crippen LogP contribution in [0.3, 0.4) is 0 Å². The lowest BCUT2D eigenvalue weighted by molar-refractivity contribution is 0.993. The summed E-state index contributed by atoms with van der Waals surface area (Å²) in [4.78, 5) is 11.0. The number of rotatable bonds is 5. The number of aromatic nitrogens is 3. The second kappa shape index (κ2) is 16.8. The van der Waals surface area contributed by atoms with Gasteiger partial charge in [-0.1, -0.05) is 255 Å². The van der Waals surface area contributed by atoms with E-state index in [1.807, 2.05) is 0 Å². The zero-order valence-electron chi connectivity index (χ0n) is 40.3. The van der Waals surface area contributed by atoms with Crippen LogP contribution in [-0.4, -0.2) is 22.6 Å². The third kappa shape index (κ3) is 6.25. The van der Waals surface area contributed by atoms with E-state index in [1.165, 1.54) is 87.2 Å². The number of hydrogen-bond acceptors (Lipinski definition) is 2. The van der Waals surface area contributed by atoms with Crippen molar-refractivity contribution >= 4 is 50.6 Å². The summed E-state index contributed by atoms with van der Waals surface area (Å²) >= 11 is 0. The lowest BCUT2D eigenvalue weighted by Crippen LogP contribution is -2.74. The van der Waals surface area contributed by atoms with Gasteiger partial charge in [0.2, 0.25) is 5.95 Å². The SMILES string of the molecule is c1ccc([Si](c2ccccc2)(c2ccc3c(c2)-c2ccccc2-c2ccccc2-c2ccccc2-3)c2ccc3c(c2)-c2ccccc2-c2ccccc2-c2nc(-n4c5ccccc5c5ccccc54)ncc2-3)cc1. The van der Waals surface area contributed by atoms with Crippen LogP contribution in [-0.2, 0) is 0 Å². The third-order valence-corrected chi connectivity index (χ3v) is 20.5. The van der Waals surface area contributed by atoms with Crippen molar-refractivity contribution in [3.8, 4) is 95.1 Å². The van der Waals surface area contributed by atoms with Crippen molar-refractivity contribution < 1.29 is 0 Å². The van der Waals surface area contributed by atoms with Gasteiger partial charge in [0.1, 0.15) is 0 Å². The topological polar surface area (TPSA) is 30.7 Å². The second-order valence-electron chi connectivity index (χ2n) is 19.5. The van der Waals surface area contributed by atoms with Gasteiger partial charge >= 0.3 is 0 Å². The van der Waals surface area contributed by atoms with Crippen molar-refractivity contribution in [3.05, 3.63) is 273 Å². The van der Waals surface area contributed by atoms with Crippen LogP contribution in [0.25, 0.3) is 117 Å². The maximum absolute atomic E-state index is 5.65. The predicted octanol–water partition coefficient (Wildman–Crippen LogP) is 14.9. The molecule has 4 heteroatoms. The van der Waals surface area contributed by atoms with Crippen LogP contribution in [0, 0.1) is 0 Å². The van der Waals surface area contributed by atoms with Gasteiger partial charge in [0.25, 0.3) is 0 Å². The van der Waals surface area contributed by atoms with Gasteiger partial charge in [-0.25, -0.2) is 9.97 Å². The number of para-hydroxylation sites is 2. The van der Waals surface area contributed by atoms with Crippen LogP contribution in [0.2, 0.25) is 0 Å². The Kier molecular flexibility index (Phi) is 9.59. The smallest absolute Gasteiger partial charge is 0.235 e. The van der Waals surface area contributed by atoms with Gasteiger partial charge in [-0.15, -0.1) is 0 Å². The summed E-state index contributed by atoms with van der Waals surface area (Å²) in [5.74, 6) is 0.647. The Hall–Kier alpha value is -9.48. The highest BCUT2D eigenvalue weighted by molar-refractivity contribution is 7.20. The summed E-state index contributed by atoms with van der Waals surface area (Å²) in [5, 5.41) is 7.62. The molecule has 0 fully saturated rings. The third-order valence-electron chi connectivity index (χ3n) is 15.8. The van der Waals surface area contributed by atoms with Crippen LogP contribution in [0.15, 0.2) is 273 Å². The average molecular weight is 956 g/mol. The van der Waals surface area contributed by atoms with Gasteiger partial charge in [-0.3, -0.25) is 4.57 Å². The molecule has 13 aromatic rings. The van der Waals surface area contributed by atoms with Crippen LogP contribution in [0.5, 0.6) is 0 Å². The first-order valence-corrected chi connectivity index (χ1v) is 27.5. The van der Waals surface area contributed by atoms with E-state index < -0.39 is 8.07 Å². The number of nitrogens with zero attached hydrogens (tertiary/aromatic N) is 3. The quantitative estimate of drug-likeness (QED) is 0.127. The highest BCUT2D eigenvalue weighted by Gasteiger charge is 2.43. The molecular weight excluding hydrogens is 911 g/mol. The summed E-state index contributed by atoms with van der Waals surface area (Å²) in [6.07, 6.45) is 2.08. The van der Waals surface area contributed by atoms with Crippen molar-refractivity contribution in [2.75, 3.05) is 0 Å².